The number of hydrogen-bond acceptors (Lipinski definition) is 7. The van der Waals surface area contributed by atoms with Gasteiger partial charge in [-0.3, -0.25) is 9.59 Å². The summed E-state index contributed by atoms with van der Waals surface area (Å²) in [7, 11) is -2.50. The number of sulfonamides is 1. The molecule has 0 heterocycles. The smallest absolute Gasteiger partial charge is 0.324 e. The van der Waals surface area contributed by atoms with Gasteiger partial charge in [-0.2, -0.15) is 9.98 Å². The molecule has 2 N–H and O–H groups in total. The maximum absolute atomic E-state index is 12.3. The minimum absolute atomic E-state index is 0.0412. The number of anilines is 1. The van der Waals surface area contributed by atoms with Crippen molar-refractivity contribution in [3.63, 3.8) is 0 Å². The molecule has 0 aliphatic rings. The molecule has 1 amide bonds. The Morgan fingerprint density at radius 1 is 1.10 bits per heavy atom. The van der Waals surface area contributed by atoms with Crippen molar-refractivity contribution in [1.82, 2.24) is 4.72 Å². The molecule has 0 aromatic heterocycles. The fourth-order valence-corrected chi connectivity index (χ4v) is 3.55. The van der Waals surface area contributed by atoms with Gasteiger partial charge < -0.3 is 14.8 Å². The Morgan fingerprint density at radius 3 is 2.30 bits per heavy atom. The molecule has 9 nitrogen and oxygen atoms in total. The molecule has 0 saturated heterocycles. The van der Waals surface area contributed by atoms with E-state index in [9.17, 15) is 18.0 Å². The monoisotopic (exact) mass is 431 g/mol. The first-order chi connectivity index (χ1) is 14.2. The molecule has 0 bridgehead atoms. The van der Waals surface area contributed by atoms with Crippen molar-refractivity contribution < 1.29 is 27.5 Å². The van der Waals surface area contributed by atoms with Crippen molar-refractivity contribution in [1.29, 1.82) is 5.26 Å². The number of ether oxygens (including phenoxy) is 2. The Labute approximate surface area is 174 Å². The minimum Gasteiger partial charge on any atom is -0.497 e. The van der Waals surface area contributed by atoms with Crippen LogP contribution in [0.2, 0.25) is 0 Å². The van der Waals surface area contributed by atoms with Crippen molar-refractivity contribution in [2.45, 2.75) is 24.3 Å². The fraction of sp³-hybridized carbons (Fsp3) is 0.250. The van der Waals surface area contributed by atoms with E-state index in [0.29, 0.717) is 11.4 Å². The Hall–Kier alpha value is -3.42. The van der Waals surface area contributed by atoms with Crippen LogP contribution in [-0.2, 0) is 30.8 Å². The summed E-state index contributed by atoms with van der Waals surface area (Å²) >= 11 is 0. The topological polar surface area (TPSA) is 135 Å². The van der Waals surface area contributed by atoms with Crippen molar-refractivity contribution >= 4 is 27.6 Å². The molecule has 0 radical (unpaired) electrons. The number of nitrogens with zero attached hydrogens (tertiary/aromatic N) is 1. The van der Waals surface area contributed by atoms with Crippen LogP contribution in [0.1, 0.15) is 12.5 Å². The summed E-state index contributed by atoms with van der Waals surface area (Å²) < 4.78 is 36.7. The zero-order chi connectivity index (χ0) is 22.1. The summed E-state index contributed by atoms with van der Waals surface area (Å²) in [5.41, 5.74) is 1.28. The maximum Gasteiger partial charge on any atom is 0.324 e. The minimum atomic E-state index is -3.96. The quantitative estimate of drug-likeness (QED) is 0.576. The van der Waals surface area contributed by atoms with Crippen LogP contribution in [0.25, 0.3) is 0 Å². The molecule has 0 aliphatic carbocycles. The number of nitrogens with one attached hydrogen (secondary N) is 2. The molecule has 2 aromatic carbocycles. The number of benzene rings is 2. The lowest BCUT2D eigenvalue weighted by Gasteiger charge is -2.14. The van der Waals surface area contributed by atoms with E-state index in [1.54, 1.807) is 24.3 Å². The van der Waals surface area contributed by atoms with Gasteiger partial charge in [0.15, 0.2) is 6.61 Å². The molecule has 0 unspecified atom stereocenters. The van der Waals surface area contributed by atoms with Crippen LogP contribution in [0.5, 0.6) is 5.75 Å². The summed E-state index contributed by atoms with van der Waals surface area (Å²) in [6, 6.07) is 13.1. The molecular weight excluding hydrogens is 410 g/mol. The van der Waals surface area contributed by atoms with Crippen LogP contribution >= 0.6 is 0 Å². The second kappa shape index (κ2) is 10.4. The second-order valence-corrected chi connectivity index (χ2v) is 7.92. The van der Waals surface area contributed by atoms with Gasteiger partial charge in [-0.1, -0.05) is 12.1 Å². The van der Waals surface area contributed by atoms with Gasteiger partial charge in [0.1, 0.15) is 11.8 Å². The van der Waals surface area contributed by atoms with Crippen LogP contribution < -0.4 is 14.8 Å². The summed E-state index contributed by atoms with van der Waals surface area (Å²) in [5, 5.41) is 11.2. The number of carbonyl (C=O) groups excluding carboxylic acids is 2. The van der Waals surface area contributed by atoms with Crippen LogP contribution in [-0.4, -0.2) is 40.1 Å². The Kier molecular flexibility index (Phi) is 7.91. The fourth-order valence-electron chi connectivity index (χ4n) is 2.36. The van der Waals surface area contributed by atoms with Gasteiger partial charge >= 0.3 is 5.97 Å². The van der Waals surface area contributed by atoms with E-state index in [0.717, 1.165) is 5.56 Å². The van der Waals surface area contributed by atoms with Crippen molar-refractivity contribution in [2.24, 2.45) is 0 Å². The molecule has 10 heteroatoms. The molecule has 0 aliphatic heterocycles. The number of methoxy groups -OCH3 is 1. The van der Waals surface area contributed by atoms with Gasteiger partial charge in [-0.25, -0.2) is 8.42 Å². The highest BCUT2D eigenvalue weighted by atomic mass is 32.2. The first-order valence-electron chi connectivity index (χ1n) is 8.84. The zero-order valence-corrected chi connectivity index (χ0v) is 17.2. The first kappa shape index (κ1) is 22.9. The standard InChI is InChI=1S/C20H21N3O6S/c1-14(23-30(26,27)18-9-7-17(28-2)8-10-18)20(25)29-13-19(24)22-16-5-3-15(4-6-16)11-12-21/h3-10,14,23H,11,13H2,1-2H3,(H,22,24)/t14-/m0/s1. The Bertz CT molecular complexity index is 1030. The van der Waals surface area contributed by atoms with Crippen molar-refractivity contribution in [3.8, 4) is 11.8 Å². The van der Waals surface area contributed by atoms with Crippen LogP contribution in [0.4, 0.5) is 5.69 Å². The van der Waals surface area contributed by atoms with Gasteiger partial charge in [0.2, 0.25) is 10.0 Å². The summed E-state index contributed by atoms with van der Waals surface area (Å²) in [5.74, 6) is -0.986. The van der Waals surface area contributed by atoms with Gasteiger partial charge in [0.05, 0.1) is 24.5 Å². The number of hydrogen-bond donors (Lipinski definition) is 2. The summed E-state index contributed by atoms with van der Waals surface area (Å²) in [6.07, 6.45) is 0.260. The number of carbonyl (C=O) groups is 2. The van der Waals surface area contributed by atoms with Gasteiger partial charge in [-0.15, -0.1) is 0 Å². The van der Waals surface area contributed by atoms with E-state index >= 15 is 0 Å². The number of rotatable bonds is 9. The molecule has 0 spiro atoms. The van der Waals surface area contributed by atoms with Crippen LogP contribution in [0, 0.1) is 11.3 Å². The SMILES string of the molecule is COc1ccc(S(=O)(=O)N[C@@H](C)C(=O)OCC(=O)Nc2ccc(CC#N)cc2)cc1. The molecule has 0 saturated carbocycles. The summed E-state index contributed by atoms with van der Waals surface area (Å²) in [4.78, 5) is 23.9. The molecule has 158 valence electrons. The summed E-state index contributed by atoms with van der Waals surface area (Å²) in [6.45, 7) is 0.739. The molecule has 0 fully saturated rings. The highest BCUT2D eigenvalue weighted by Crippen LogP contribution is 2.16. The lowest BCUT2D eigenvalue weighted by atomic mass is 10.1. The zero-order valence-electron chi connectivity index (χ0n) is 16.4. The van der Waals surface area contributed by atoms with E-state index in [1.165, 1.54) is 38.3 Å². The molecule has 2 rings (SSSR count). The second-order valence-electron chi connectivity index (χ2n) is 6.21. The maximum atomic E-state index is 12.3. The highest BCUT2D eigenvalue weighted by molar-refractivity contribution is 7.89. The Morgan fingerprint density at radius 2 is 1.73 bits per heavy atom. The predicted octanol–water partition coefficient (Wildman–Crippen LogP) is 1.61. The van der Waals surface area contributed by atoms with E-state index in [2.05, 4.69) is 10.0 Å². The lowest BCUT2D eigenvalue weighted by molar-refractivity contribution is -0.148. The molecule has 30 heavy (non-hydrogen) atoms. The third kappa shape index (κ3) is 6.58. The lowest BCUT2D eigenvalue weighted by Crippen LogP contribution is -2.40. The van der Waals surface area contributed by atoms with E-state index < -0.39 is 34.5 Å². The number of esters is 1. The van der Waals surface area contributed by atoms with Crippen molar-refractivity contribution in [2.75, 3.05) is 19.0 Å². The highest BCUT2D eigenvalue weighted by Gasteiger charge is 2.23. The van der Waals surface area contributed by atoms with Crippen LogP contribution in [0.3, 0.4) is 0 Å². The Balaban J connectivity index is 1.85. The third-order valence-corrected chi connectivity index (χ3v) is 5.48. The van der Waals surface area contributed by atoms with Crippen molar-refractivity contribution in [3.05, 3.63) is 54.1 Å². The average Bonchev–Trinajstić information content (AvgIpc) is 2.73. The van der Waals surface area contributed by atoms with Crippen LogP contribution in [0.15, 0.2) is 53.4 Å². The van der Waals surface area contributed by atoms with E-state index in [-0.39, 0.29) is 11.3 Å². The first-order valence-corrected chi connectivity index (χ1v) is 10.3. The van der Waals surface area contributed by atoms with E-state index in [4.69, 9.17) is 14.7 Å². The molecular formula is C20H21N3O6S. The van der Waals surface area contributed by atoms with Gasteiger partial charge in [0, 0.05) is 5.69 Å². The van der Waals surface area contributed by atoms with Gasteiger partial charge in [-0.05, 0) is 48.9 Å². The molecule has 1 atom stereocenters. The number of nitriles is 1. The average molecular weight is 431 g/mol. The van der Waals surface area contributed by atoms with Gasteiger partial charge in [0.25, 0.3) is 5.91 Å². The molecule has 2 aromatic rings. The predicted molar refractivity (Wildman–Crippen MR) is 108 cm³/mol. The third-order valence-electron chi connectivity index (χ3n) is 3.92. The number of amides is 1. The van der Waals surface area contributed by atoms with E-state index in [1.807, 2.05) is 6.07 Å². The largest absolute Gasteiger partial charge is 0.497 e. The normalized spacial score (nSPS) is 11.8.